The van der Waals surface area contributed by atoms with Gasteiger partial charge in [-0.05, 0) is 55.5 Å². The molecule has 2 aromatic rings. The van der Waals surface area contributed by atoms with Crippen LogP contribution in [0.5, 0.6) is 0 Å². The summed E-state index contributed by atoms with van der Waals surface area (Å²) in [6.07, 6.45) is 5.61. The van der Waals surface area contributed by atoms with Crippen LogP contribution in [0.1, 0.15) is 63.0 Å². The smallest absolute Gasteiger partial charge is 0.219 e. The molecule has 1 N–H and O–H groups in total. The van der Waals surface area contributed by atoms with E-state index in [2.05, 4.69) is 47.5 Å². The monoisotopic (exact) mass is 501 g/mol. The highest BCUT2D eigenvalue weighted by Crippen LogP contribution is 2.50. The van der Waals surface area contributed by atoms with Crippen molar-refractivity contribution in [2.24, 2.45) is 0 Å². The van der Waals surface area contributed by atoms with Crippen molar-refractivity contribution in [2.75, 3.05) is 33.2 Å². The zero-order chi connectivity index (χ0) is 24.3. The molecule has 2 aliphatic rings. The van der Waals surface area contributed by atoms with Crippen molar-refractivity contribution in [3.05, 3.63) is 69.7 Å². The first-order valence-corrected chi connectivity index (χ1v) is 13.3. The van der Waals surface area contributed by atoms with E-state index >= 15 is 0 Å². The average molecular weight is 503 g/mol. The summed E-state index contributed by atoms with van der Waals surface area (Å²) < 4.78 is 0. The molecule has 0 radical (unpaired) electrons. The number of carbonyl (C=O) groups excluding carboxylic acids is 1. The summed E-state index contributed by atoms with van der Waals surface area (Å²) in [7, 11) is 1.96. The summed E-state index contributed by atoms with van der Waals surface area (Å²) in [6.45, 7) is 7.89. The van der Waals surface area contributed by atoms with Gasteiger partial charge in [0.05, 0.1) is 15.6 Å². The second-order valence-electron chi connectivity index (χ2n) is 10.0. The molecule has 0 aliphatic carbocycles. The number of nitrogens with zero attached hydrogens (tertiary/aromatic N) is 2. The van der Waals surface area contributed by atoms with Crippen LogP contribution >= 0.6 is 23.2 Å². The highest BCUT2D eigenvalue weighted by atomic mass is 35.5. The molecule has 1 amide bonds. The molecule has 4 rings (SSSR count). The fourth-order valence-corrected chi connectivity index (χ4v) is 6.80. The largest absolute Gasteiger partial charge is 0.336 e. The molecule has 2 fully saturated rings. The van der Waals surface area contributed by atoms with Crippen molar-refractivity contribution >= 4 is 29.1 Å². The van der Waals surface area contributed by atoms with Crippen molar-refractivity contribution in [3.63, 3.8) is 0 Å². The highest BCUT2D eigenvalue weighted by molar-refractivity contribution is 6.42. The molecular weight excluding hydrogens is 465 g/mol. The van der Waals surface area contributed by atoms with Gasteiger partial charge in [-0.2, -0.15) is 0 Å². The Bertz CT molecular complexity index is 987. The van der Waals surface area contributed by atoms with Gasteiger partial charge in [0.2, 0.25) is 5.91 Å². The number of amides is 1. The number of likely N-dealkylation sites (tertiary alicyclic amines) is 1. The van der Waals surface area contributed by atoms with E-state index in [0.29, 0.717) is 10.0 Å². The Morgan fingerprint density at radius 3 is 2.53 bits per heavy atom. The molecule has 2 saturated heterocycles. The van der Waals surface area contributed by atoms with Gasteiger partial charge in [0, 0.05) is 45.1 Å². The predicted octanol–water partition coefficient (Wildman–Crippen LogP) is 6.08. The Morgan fingerprint density at radius 1 is 1.15 bits per heavy atom. The van der Waals surface area contributed by atoms with Gasteiger partial charge in [-0.15, -0.1) is 0 Å². The van der Waals surface area contributed by atoms with Crippen LogP contribution in [0, 0.1) is 0 Å². The van der Waals surface area contributed by atoms with Crippen LogP contribution in [0.4, 0.5) is 0 Å². The number of nitrogens with one attached hydrogen (secondary N) is 1. The van der Waals surface area contributed by atoms with Gasteiger partial charge < -0.3 is 10.2 Å². The predicted molar refractivity (Wildman–Crippen MR) is 142 cm³/mol. The van der Waals surface area contributed by atoms with Crippen LogP contribution in [0.25, 0.3) is 0 Å². The van der Waals surface area contributed by atoms with Gasteiger partial charge in [0.15, 0.2) is 0 Å². The molecule has 0 aromatic heterocycles. The van der Waals surface area contributed by atoms with Crippen LogP contribution in [-0.2, 0) is 10.3 Å². The van der Waals surface area contributed by atoms with E-state index in [0.717, 1.165) is 44.6 Å². The summed E-state index contributed by atoms with van der Waals surface area (Å²) in [5, 5.41) is 4.80. The van der Waals surface area contributed by atoms with E-state index in [9.17, 15) is 4.79 Å². The Hall–Kier alpha value is -1.59. The third kappa shape index (κ3) is 4.63. The quantitative estimate of drug-likeness (QED) is 0.520. The summed E-state index contributed by atoms with van der Waals surface area (Å²) in [5.74, 6) is 0.132. The van der Waals surface area contributed by atoms with E-state index in [4.69, 9.17) is 23.2 Å². The maximum absolute atomic E-state index is 12.9. The zero-order valence-corrected chi connectivity index (χ0v) is 22.1. The molecule has 184 valence electrons. The number of carbonyl (C=O) groups is 1. The molecule has 0 bridgehead atoms. The lowest BCUT2D eigenvalue weighted by Crippen LogP contribution is -2.65. The fourth-order valence-electron chi connectivity index (χ4n) is 6.49. The number of rotatable bonds is 6. The minimum atomic E-state index is -0.462. The Labute approximate surface area is 214 Å². The topological polar surface area (TPSA) is 35.6 Å². The highest BCUT2D eigenvalue weighted by Gasteiger charge is 2.52. The molecule has 2 aromatic carbocycles. The zero-order valence-electron chi connectivity index (χ0n) is 20.6. The molecule has 0 spiro atoms. The number of piperidine rings is 2. The van der Waals surface area contributed by atoms with Crippen LogP contribution in [0.3, 0.4) is 0 Å². The van der Waals surface area contributed by atoms with Crippen LogP contribution in [0.15, 0.2) is 48.5 Å². The van der Waals surface area contributed by atoms with E-state index in [-0.39, 0.29) is 17.4 Å². The van der Waals surface area contributed by atoms with Crippen LogP contribution < -0.4 is 5.32 Å². The summed E-state index contributed by atoms with van der Waals surface area (Å²) in [4.78, 5) is 17.6. The molecule has 2 aliphatic heterocycles. The molecular formula is C28H37Cl2N3O. The third-order valence-electron chi connectivity index (χ3n) is 8.27. The fraction of sp³-hybridized carbons (Fsp3) is 0.536. The van der Waals surface area contributed by atoms with Crippen molar-refractivity contribution in [1.29, 1.82) is 0 Å². The van der Waals surface area contributed by atoms with E-state index < -0.39 is 5.54 Å². The molecule has 0 saturated carbocycles. The van der Waals surface area contributed by atoms with Gasteiger partial charge in [-0.25, -0.2) is 0 Å². The molecule has 3 unspecified atom stereocenters. The number of hydrogen-bond donors (Lipinski definition) is 1. The summed E-state index contributed by atoms with van der Waals surface area (Å²) >= 11 is 12.9. The number of likely N-dealkylation sites (N-methyl/N-ethyl adjacent to an activating group) is 1. The number of benzene rings is 2. The van der Waals surface area contributed by atoms with Crippen LogP contribution in [0.2, 0.25) is 10.0 Å². The van der Waals surface area contributed by atoms with Gasteiger partial charge in [-0.3, -0.25) is 9.69 Å². The lowest BCUT2D eigenvalue weighted by molar-refractivity contribution is -0.138. The Morgan fingerprint density at radius 2 is 1.91 bits per heavy atom. The van der Waals surface area contributed by atoms with Crippen LogP contribution in [-0.4, -0.2) is 54.5 Å². The second-order valence-corrected chi connectivity index (χ2v) is 10.9. The van der Waals surface area contributed by atoms with E-state index in [1.165, 1.54) is 24.8 Å². The number of hydrogen-bond acceptors (Lipinski definition) is 3. The van der Waals surface area contributed by atoms with Gasteiger partial charge in [0.1, 0.15) is 0 Å². The second kappa shape index (κ2) is 10.6. The van der Waals surface area contributed by atoms with Gasteiger partial charge in [-0.1, -0.05) is 72.9 Å². The van der Waals surface area contributed by atoms with Crippen molar-refractivity contribution in [2.45, 2.75) is 62.9 Å². The first-order chi connectivity index (χ1) is 16.3. The normalized spacial score (nSPS) is 28.0. The molecule has 4 nitrogen and oxygen atoms in total. The van der Waals surface area contributed by atoms with Crippen molar-refractivity contribution < 1.29 is 4.79 Å². The minimum Gasteiger partial charge on any atom is -0.336 e. The van der Waals surface area contributed by atoms with Gasteiger partial charge in [0.25, 0.3) is 0 Å². The maximum Gasteiger partial charge on any atom is 0.219 e. The Balaban J connectivity index is 1.85. The van der Waals surface area contributed by atoms with E-state index in [1.807, 2.05) is 30.1 Å². The molecule has 6 heteroatoms. The molecule has 34 heavy (non-hydrogen) atoms. The first-order valence-electron chi connectivity index (χ1n) is 12.5. The Kier molecular flexibility index (Phi) is 7.93. The lowest BCUT2D eigenvalue weighted by Gasteiger charge is -2.58. The molecule has 3 atom stereocenters. The van der Waals surface area contributed by atoms with Crippen molar-refractivity contribution in [3.8, 4) is 0 Å². The summed E-state index contributed by atoms with van der Waals surface area (Å²) in [6, 6.07) is 16.5. The lowest BCUT2D eigenvalue weighted by atomic mass is 9.67. The number of halogens is 2. The third-order valence-corrected chi connectivity index (χ3v) is 9.01. The maximum atomic E-state index is 12.9. The van der Waals surface area contributed by atoms with Crippen molar-refractivity contribution in [1.82, 2.24) is 15.1 Å². The SMILES string of the molecule is CCCC1(N2CCC(c3ccccc3)(N(C)C(C)=O)C(c3ccc(Cl)c(Cl)c3)C2)CCCNC1. The van der Waals surface area contributed by atoms with E-state index in [1.54, 1.807) is 6.92 Å². The van der Waals surface area contributed by atoms with Gasteiger partial charge >= 0.3 is 0 Å². The summed E-state index contributed by atoms with van der Waals surface area (Å²) in [5.41, 5.74) is 2.00. The molecule has 2 heterocycles. The minimum absolute atomic E-state index is 0.0583. The first kappa shape index (κ1) is 25.5. The average Bonchev–Trinajstić information content (AvgIpc) is 2.86. The standard InChI is InChI=1S/C28H37Cl2N3O/c1-4-13-27(14-8-16-31-20-27)33-17-15-28(32(3)21(2)34,23-9-6-5-7-10-23)24(19-33)22-11-12-25(29)26(30)18-22/h5-7,9-12,18,24,31H,4,8,13-17,19-20H2,1-3H3.